The van der Waals surface area contributed by atoms with Crippen LogP contribution in [-0.4, -0.2) is 57.3 Å². The van der Waals surface area contributed by atoms with E-state index in [1.165, 1.54) is 9.87 Å². The lowest BCUT2D eigenvalue weighted by Gasteiger charge is -2.28. The molecular formula is C24H32N2O6S. The number of carbonyl (C=O) groups is 1. The van der Waals surface area contributed by atoms with E-state index in [2.05, 4.69) is 5.32 Å². The van der Waals surface area contributed by atoms with Crippen LogP contribution in [0.3, 0.4) is 0 Å². The number of sulfonamides is 1. The maximum absolute atomic E-state index is 12.8. The molecule has 1 aliphatic rings. The summed E-state index contributed by atoms with van der Waals surface area (Å²) in [7, 11) is -3.50. The fraction of sp³-hybridized carbons (Fsp3) is 0.458. The summed E-state index contributed by atoms with van der Waals surface area (Å²) in [6.45, 7) is 7.56. The largest absolute Gasteiger partial charge is 0.490 e. The maximum atomic E-state index is 12.8. The minimum absolute atomic E-state index is 0.000458. The van der Waals surface area contributed by atoms with Crippen LogP contribution in [0.2, 0.25) is 0 Å². The summed E-state index contributed by atoms with van der Waals surface area (Å²) in [5.41, 5.74) is 2.52. The van der Waals surface area contributed by atoms with Crippen molar-refractivity contribution in [1.29, 1.82) is 0 Å². The molecule has 0 radical (unpaired) electrons. The molecule has 0 atom stereocenters. The van der Waals surface area contributed by atoms with Gasteiger partial charge in [0.15, 0.2) is 11.5 Å². The van der Waals surface area contributed by atoms with Gasteiger partial charge in [0.2, 0.25) is 15.8 Å². The van der Waals surface area contributed by atoms with Gasteiger partial charge in [0.05, 0.1) is 25.6 Å². The van der Waals surface area contributed by atoms with E-state index in [0.29, 0.717) is 62.1 Å². The number of amides is 1. The van der Waals surface area contributed by atoms with Crippen LogP contribution in [0.15, 0.2) is 36.4 Å². The molecule has 1 aliphatic heterocycles. The quantitative estimate of drug-likeness (QED) is 0.536. The number of nitrogens with zero attached hydrogens (tertiary/aromatic N) is 1. The molecule has 0 spiro atoms. The lowest BCUT2D eigenvalue weighted by atomic mass is 10.0. The molecular weight excluding hydrogens is 444 g/mol. The lowest BCUT2D eigenvalue weighted by Crippen LogP contribution is -2.40. The second-order valence-electron chi connectivity index (χ2n) is 7.52. The van der Waals surface area contributed by atoms with Crippen molar-refractivity contribution in [3.8, 4) is 17.2 Å². The van der Waals surface area contributed by atoms with Gasteiger partial charge in [0.1, 0.15) is 0 Å². The van der Waals surface area contributed by atoms with Gasteiger partial charge in [-0.25, -0.2) is 8.42 Å². The molecule has 0 bridgehead atoms. The Hall–Kier alpha value is -2.78. The monoisotopic (exact) mass is 476 g/mol. The van der Waals surface area contributed by atoms with Gasteiger partial charge in [-0.2, -0.15) is 4.31 Å². The summed E-state index contributed by atoms with van der Waals surface area (Å²) in [5.74, 6) is 0.698. The summed E-state index contributed by atoms with van der Waals surface area (Å²) in [5, 5.41) is 2.71. The van der Waals surface area contributed by atoms with Crippen molar-refractivity contribution in [3.63, 3.8) is 0 Å². The molecule has 2 aromatic carbocycles. The molecule has 1 heterocycles. The van der Waals surface area contributed by atoms with Gasteiger partial charge in [-0.1, -0.05) is 24.3 Å². The number of ether oxygens (including phenoxy) is 3. The molecule has 33 heavy (non-hydrogen) atoms. The summed E-state index contributed by atoms with van der Waals surface area (Å²) >= 11 is 0. The van der Waals surface area contributed by atoms with Crippen molar-refractivity contribution in [2.45, 2.75) is 33.7 Å². The summed E-state index contributed by atoms with van der Waals surface area (Å²) < 4.78 is 44.1. The number of benzene rings is 2. The van der Waals surface area contributed by atoms with E-state index in [1.54, 1.807) is 12.1 Å². The van der Waals surface area contributed by atoms with Crippen LogP contribution in [0.1, 0.15) is 42.3 Å². The predicted molar refractivity (Wildman–Crippen MR) is 127 cm³/mol. The Bertz CT molecular complexity index is 1040. The summed E-state index contributed by atoms with van der Waals surface area (Å²) in [6.07, 6.45) is 0.689. The van der Waals surface area contributed by atoms with Crippen molar-refractivity contribution < 1.29 is 27.4 Å². The van der Waals surface area contributed by atoms with E-state index in [0.717, 1.165) is 5.56 Å². The van der Waals surface area contributed by atoms with E-state index >= 15 is 0 Å². The first-order valence-electron chi connectivity index (χ1n) is 11.3. The standard InChI is InChI=1S/C24H32N2O6S/c1-4-30-21-15-20(16-22(31-5-2)23(21)32-6-3)24(27)25-12-14-33(28,29)26-13-11-18-9-7-8-10-19(18)17-26/h7-10,15-16H,4-6,11-14,17H2,1-3H3,(H,25,27). The first kappa shape index (κ1) is 24.9. The molecule has 3 rings (SSSR count). The molecule has 1 N–H and O–H groups in total. The van der Waals surface area contributed by atoms with Gasteiger partial charge in [-0.05, 0) is 50.5 Å². The molecule has 0 saturated heterocycles. The van der Waals surface area contributed by atoms with Gasteiger partial charge in [-0.3, -0.25) is 4.79 Å². The number of carbonyl (C=O) groups excluding carboxylic acids is 1. The Balaban J connectivity index is 1.66. The topological polar surface area (TPSA) is 94.2 Å². The predicted octanol–water partition coefficient (Wildman–Crippen LogP) is 3.00. The Labute approximate surface area is 195 Å². The summed E-state index contributed by atoms with van der Waals surface area (Å²) in [6, 6.07) is 11.0. The maximum Gasteiger partial charge on any atom is 0.251 e. The van der Waals surface area contributed by atoms with E-state index in [4.69, 9.17) is 14.2 Å². The fourth-order valence-corrected chi connectivity index (χ4v) is 5.08. The molecule has 0 unspecified atom stereocenters. The van der Waals surface area contributed by atoms with Crippen LogP contribution < -0.4 is 19.5 Å². The number of hydrogen-bond acceptors (Lipinski definition) is 6. The normalized spacial score (nSPS) is 13.8. The minimum atomic E-state index is -3.50. The molecule has 0 aliphatic carbocycles. The first-order valence-corrected chi connectivity index (χ1v) is 12.9. The Morgan fingerprint density at radius 2 is 1.58 bits per heavy atom. The lowest BCUT2D eigenvalue weighted by molar-refractivity contribution is 0.0955. The first-order chi connectivity index (χ1) is 15.9. The van der Waals surface area contributed by atoms with Gasteiger partial charge >= 0.3 is 0 Å². The zero-order chi connectivity index (χ0) is 23.8. The third-order valence-corrected chi connectivity index (χ3v) is 7.12. The second-order valence-corrected chi connectivity index (χ2v) is 9.61. The van der Waals surface area contributed by atoms with Crippen LogP contribution in [0.25, 0.3) is 0 Å². The van der Waals surface area contributed by atoms with Crippen LogP contribution in [0.5, 0.6) is 17.2 Å². The van der Waals surface area contributed by atoms with Gasteiger partial charge < -0.3 is 19.5 Å². The van der Waals surface area contributed by atoms with E-state index < -0.39 is 15.9 Å². The van der Waals surface area contributed by atoms with Crippen molar-refractivity contribution in [1.82, 2.24) is 9.62 Å². The van der Waals surface area contributed by atoms with E-state index in [-0.39, 0.29) is 12.3 Å². The number of rotatable bonds is 11. The SMILES string of the molecule is CCOc1cc(C(=O)NCCS(=O)(=O)N2CCc3ccccc3C2)cc(OCC)c1OCC. The van der Waals surface area contributed by atoms with Crippen molar-refractivity contribution in [2.75, 3.05) is 38.7 Å². The average Bonchev–Trinajstić information content (AvgIpc) is 2.80. The van der Waals surface area contributed by atoms with Crippen molar-refractivity contribution in [2.24, 2.45) is 0 Å². The number of hydrogen-bond donors (Lipinski definition) is 1. The average molecular weight is 477 g/mol. The van der Waals surface area contributed by atoms with Gasteiger partial charge in [0, 0.05) is 25.2 Å². The van der Waals surface area contributed by atoms with Crippen LogP contribution in [0, 0.1) is 0 Å². The van der Waals surface area contributed by atoms with E-state index in [1.807, 2.05) is 45.0 Å². The van der Waals surface area contributed by atoms with Gasteiger partial charge in [0.25, 0.3) is 5.91 Å². The molecule has 2 aromatic rings. The molecule has 8 nitrogen and oxygen atoms in total. The highest BCUT2D eigenvalue weighted by Crippen LogP contribution is 2.39. The molecule has 0 fully saturated rings. The van der Waals surface area contributed by atoms with Crippen LogP contribution in [0.4, 0.5) is 0 Å². The highest BCUT2D eigenvalue weighted by molar-refractivity contribution is 7.89. The number of nitrogens with one attached hydrogen (secondary N) is 1. The Morgan fingerprint density at radius 3 is 2.18 bits per heavy atom. The highest BCUT2D eigenvalue weighted by atomic mass is 32.2. The molecule has 9 heteroatoms. The van der Waals surface area contributed by atoms with E-state index in [9.17, 15) is 13.2 Å². The minimum Gasteiger partial charge on any atom is -0.490 e. The molecule has 180 valence electrons. The number of fused-ring (bicyclic) bond motifs is 1. The Kier molecular flexibility index (Phi) is 8.57. The molecule has 0 saturated carbocycles. The van der Waals surface area contributed by atoms with Crippen molar-refractivity contribution >= 4 is 15.9 Å². The van der Waals surface area contributed by atoms with Gasteiger partial charge in [-0.15, -0.1) is 0 Å². The smallest absolute Gasteiger partial charge is 0.251 e. The highest BCUT2D eigenvalue weighted by Gasteiger charge is 2.26. The zero-order valence-electron chi connectivity index (χ0n) is 19.4. The van der Waals surface area contributed by atoms with Crippen molar-refractivity contribution in [3.05, 3.63) is 53.1 Å². The Morgan fingerprint density at radius 1 is 0.970 bits per heavy atom. The summed E-state index contributed by atoms with van der Waals surface area (Å²) in [4.78, 5) is 12.8. The molecule has 0 aromatic heterocycles. The zero-order valence-corrected chi connectivity index (χ0v) is 20.2. The third kappa shape index (κ3) is 6.17. The third-order valence-electron chi connectivity index (χ3n) is 5.31. The fourth-order valence-electron chi connectivity index (χ4n) is 3.75. The molecule has 1 amide bonds. The second kappa shape index (κ2) is 11.4. The van der Waals surface area contributed by atoms with Crippen LogP contribution in [-0.2, 0) is 23.0 Å². The van der Waals surface area contributed by atoms with Crippen LogP contribution >= 0.6 is 0 Å².